The van der Waals surface area contributed by atoms with Crippen LogP contribution in [-0.2, 0) is 16.6 Å². The first-order chi connectivity index (χ1) is 12.6. The molecule has 0 radical (unpaired) electrons. The standard InChI is InChI=1S/C18H16N2O5S/c21-26(22,14-3-4-17-18(11-14)25-9-8-24-17)20-12-13-5-6-19-15(10-13)16-2-1-7-23-16/h1-7,10-11,20H,8-9,12H2. The van der Waals surface area contributed by atoms with Crippen LogP contribution in [-0.4, -0.2) is 26.6 Å². The largest absolute Gasteiger partial charge is 0.486 e. The Morgan fingerprint density at radius 3 is 2.69 bits per heavy atom. The molecule has 0 unspecified atom stereocenters. The minimum absolute atomic E-state index is 0.127. The first-order valence-electron chi connectivity index (χ1n) is 8.00. The van der Waals surface area contributed by atoms with Crippen molar-refractivity contribution in [1.29, 1.82) is 0 Å². The van der Waals surface area contributed by atoms with Crippen molar-refractivity contribution in [1.82, 2.24) is 9.71 Å². The van der Waals surface area contributed by atoms with Gasteiger partial charge in [-0.25, -0.2) is 13.1 Å². The molecule has 7 nitrogen and oxygen atoms in total. The van der Waals surface area contributed by atoms with Gasteiger partial charge in [0.25, 0.3) is 0 Å². The monoisotopic (exact) mass is 372 g/mol. The van der Waals surface area contributed by atoms with Gasteiger partial charge in [0, 0.05) is 18.8 Å². The Hall–Kier alpha value is -2.84. The summed E-state index contributed by atoms with van der Waals surface area (Å²) in [5.41, 5.74) is 1.42. The number of benzene rings is 1. The third-order valence-corrected chi connectivity index (χ3v) is 5.29. The van der Waals surface area contributed by atoms with Crippen LogP contribution in [0.25, 0.3) is 11.5 Å². The van der Waals surface area contributed by atoms with Gasteiger partial charge in [-0.1, -0.05) is 0 Å². The average Bonchev–Trinajstić information content (AvgIpc) is 3.21. The Kier molecular flexibility index (Phi) is 4.36. The summed E-state index contributed by atoms with van der Waals surface area (Å²) in [6.07, 6.45) is 3.18. The van der Waals surface area contributed by atoms with Crippen LogP contribution in [0.2, 0.25) is 0 Å². The second-order valence-corrected chi connectivity index (χ2v) is 7.42. The minimum atomic E-state index is -3.69. The van der Waals surface area contributed by atoms with Crippen LogP contribution in [0.15, 0.2) is 64.2 Å². The summed E-state index contributed by atoms with van der Waals surface area (Å²) in [5, 5.41) is 0. The normalized spacial score (nSPS) is 13.5. The highest BCUT2D eigenvalue weighted by Crippen LogP contribution is 2.32. The van der Waals surface area contributed by atoms with Crippen molar-refractivity contribution in [3.8, 4) is 23.0 Å². The van der Waals surface area contributed by atoms with E-state index in [1.54, 1.807) is 42.8 Å². The Morgan fingerprint density at radius 1 is 1.04 bits per heavy atom. The molecular weight excluding hydrogens is 356 g/mol. The van der Waals surface area contributed by atoms with E-state index < -0.39 is 10.0 Å². The zero-order valence-corrected chi connectivity index (χ0v) is 14.5. The summed E-state index contributed by atoms with van der Waals surface area (Å²) in [6.45, 7) is 0.987. The molecule has 3 heterocycles. The van der Waals surface area contributed by atoms with Crippen LogP contribution in [0.4, 0.5) is 0 Å². The van der Waals surface area contributed by atoms with Crippen LogP contribution in [0.1, 0.15) is 5.56 Å². The van der Waals surface area contributed by atoms with E-state index in [0.717, 1.165) is 5.56 Å². The minimum Gasteiger partial charge on any atom is -0.486 e. The smallest absolute Gasteiger partial charge is 0.241 e. The van der Waals surface area contributed by atoms with Gasteiger partial charge in [-0.3, -0.25) is 4.98 Å². The number of hydrogen-bond acceptors (Lipinski definition) is 6. The van der Waals surface area contributed by atoms with E-state index in [-0.39, 0.29) is 11.4 Å². The SMILES string of the molecule is O=S(=O)(NCc1ccnc(-c2ccco2)c1)c1ccc2c(c1)OCCO2. The molecule has 1 aliphatic heterocycles. The molecule has 0 atom stereocenters. The van der Waals surface area contributed by atoms with E-state index in [2.05, 4.69) is 9.71 Å². The van der Waals surface area contributed by atoms with Crippen molar-refractivity contribution in [2.75, 3.05) is 13.2 Å². The van der Waals surface area contributed by atoms with Crippen LogP contribution >= 0.6 is 0 Å². The molecule has 26 heavy (non-hydrogen) atoms. The third kappa shape index (κ3) is 3.42. The second-order valence-electron chi connectivity index (χ2n) is 5.66. The molecule has 0 amide bonds. The highest BCUT2D eigenvalue weighted by atomic mass is 32.2. The summed E-state index contributed by atoms with van der Waals surface area (Å²) in [7, 11) is -3.69. The predicted octanol–water partition coefficient (Wildman–Crippen LogP) is 2.59. The third-order valence-electron chi connectivity index (χ3n) is 3.89. The maximum absolute atomic E-state index is 12.6. The molecule has 0 saturated heterocycles. The van der Waals surface area contributed by atoms with Crippen molar-refractivity contribution in [2.45, 2.75) is 11.4 Å². The van der Waals surface area contributed by atoms with Crippen molar-refractivity contribution in [3.63, 3.8) is 0 Å². The Labute approximate surface area is 150 Å². The van der Waals surface area contributed by atoms with E-state index in [1.807, 2.05) is 0 Å². The van der Waals surface area contributed by atoms with E-state index >= 15 is 0 Å². The predicted molar refractivity (Wildman–Crippen MR) is 93.4 cm³/mol. The summed E-state index contributed by atoms with van der Waals surface area (Å²) in [5.74, 6) is 1.61. The van der Waals surface area contributed by atoms with Crippen LogP contribution < -0.4 is 14.2 Å². The molecule has 3 aromatic rings. The summed E-state index contributed by atoms with van der Waals surface area (Å²) in [4.78, 5) is 4.36. The van der Waals surface area contributed by atoms with Crippen molar-refractivity contribution in [2.24, 2.45) is 0 Å². The lowest BCUT2D eigenvalue weighted by atomic mass is 10.2. The highest BCUT2D eigenvalue weighted by molar-refractivity contribution is 7.89. The van der Waals surface area contributed by atoms with Gasteiger partial charge in [0.1, 0.15) is 18.9 Å². The van der Waals surface area contributed by atoms with Gasteiger partial charge in [-0.2, -0.15) is 0 Å². The molecule has 1 aliphatic rings. The van der Waals surface area contributed by atoms with Gasteiger partial charge in [0.05, 0.1) is 11.2 Å². The number of rotatable bonds is 5. The van der Waals surface area contributed by atoms with Gasteiger partial charge >= 0.3 is 0 Å². The van der Waals surface area contributed by atoms with Crippen LogP contribution in [0.5, 0.6) is 11.5 Å². The molecule has 1 aromatic carbocycles. The molecule has 0 bridgehead atoms. The second kappa shape index (κ2) is 6.81. The topological polar surface area (TPSA) is 90.7 Å². The van der Waals surface area contributed by atoms with Crippen molar-refractivity contribution >= 4 is 10.0 Å². The lowest BCUT2D eigenvalue weighted by molar-refractivity contribution is 0.171. The number of furan rings is 1. The number of sulfonamides is 1. The maximum Gasteiger partial charge on any atom is 0.241 e. The number of hydrogen-bond donors (Lipinski definition) is 1. The maximum atomic E-state index is 12.6. The Balaban J connectivity index is 1.51. The molecule has 0 aliphatic carbocycles. The van der Waals surface area contributed by atoms with Crippen LogP contribution in [0, 0.1) is 0 Å². The Morgan fingerprint density at radius 2 is 1.88 bits per heavy atom. The quantitative estimate of drug-likeness (QED) is 0.740. The molecule has 1 N–H and O–H groups in total. The summed E-state index contributed by atoms with van der Waals surface area (Å²) < 4.78 is 43.9. The molecule has 134 valence electrons. The van der Waals surface area contributed by atoms with Gasteiger partial charge < -0.3 is 13.9 Å². The molecule has 0 fully saturated rings. The lowest BCUT2D eigenvalue weighted by Crippen LogP contribution is -2.24. The zero-order chi connectivity index (χ0) is 18.0. The number of fused-ring (bicyclic) bond motifs is 1. The number of nitrogens with zero attached hydrogens (tertiary/aromatic N) is 1. The van der Waals surface area contributed by atoms with E-state index in [0.29, 0.717) is 36.2 Å². The summed E-state index contributed by atoms with van der Waals surface area (Å²) >= 11 is 0. The molecular formula is C18H16N2O5S. The van der Waals surface area contributed by atoms with E-state index in [1.165, 1.54) is 12.1 Å². The van der Waals surface area contributed by atoms with E-state index in [4.69, 9.17) is 13.9 Å². The molecule has 0 spiro atoms. The average molecular weight is 372 g/mol. The molecule has 2 aromatic heterocycles. The first kappa shape index (κ1) is 16.6. The zero-order valence-electron chi connectivity index (χ0n) is 13.7. The first-order valence-corrected chi connectivity index (χ1v) is 9.48. The molecule has 0 saturated carbocycles. The van der Waals surface area contributed by atoms with Crippen molar-refractivity contribution in [3.05, 3.63) is 60.5 Å². The number of pyridine rings is 1. The summed E-state index contributed by atoms with van der Waals surface area (Å²) in [6, 6.07) is 11.7. The van der Waals surface area contributed by atoms with Gasteiger partial charge in [-0.15, -0.1) is 0 Å². The van der Waals surface area contributed by atoms with E-state index in [9.17, 15) is 8.42 Å². The fraction of sp³-hybridized carbons (Fsp3) is 0.167. The molecule has 4 rings (SSSR count). The Bertz CT molecular complexity index is 1020. The fourth-order valence-electron chi connectivity index (χ4n) is 2.60. The van der Waals surface area contributed by atoms with Crippen molar-refractivity contribution < 1.29 is 22.3 Å². The highest BCUT2D eigenvalue weighted by Gasteiger charge is 2.19. The van der Waals surface area contributed by atoms with Gasteiger partial charge in [-0.05, 0) is 42.0 Å². The number of ether oxygens (including phenoxy) is 2. The number of aromatic nitrogens is 1. The number of nitrogens with one attached hydrogen (secondary N) is 1. The molecule has 8 heteroatoms. The van der Waals surface area contributed by atoms with Gasteiger partial charge in [0.15, 0.2) is 17.3 Å². The fourth-order valence-corrected chi connectivity index (χ4v) is 3.63. The lowest BCUT2D eigenvalue weighted by Gasteiger charge is -2.19. The van der Waals surface area contributed by atoms with Crippen LogP contribution in [0.3, 0.4) is 0 Å². The van der Waals surface area contributed by atoms with Gasteiger partial charge in [0.2, 0.25) is 10.0 Å².